The Morgan fingerprint density at radius 2 is 2.25 bits per heavy atom. The molecule has 0 saturated carbocycles. The lowest BCUT2D eigenvalue weighted by Crippen LogP contribution is -2.09. The lowest BCUT2D eigenvalue weighted by molar-refractivity contribution is 0.606. The van der Waals surface area contributed by atoms with Gasteiger partial charge < -0.3 is 5.73 Å². The molecule has 0 aliphatic heterocycles. The molecule has 0 aliphatic carbocycles. The average Bonchev–Trinajstić information content (AvgIpc) is 2.68. The highest BCUT2D eigenvalue weighted by atomic mass is 127. The molecule has 0 aliphatic rings. The first kappa shape index (κ1) is 11.5. The van der Waals surface area contributed by atoms with Gasteiger partial charge in [0.1, 0.15) is 5.82 Å². The Kier molecular flexibility index (Phi) is 3.55. The van der Waals surface area contributed by atoms with Crippen LogP contribution in [-0.4, -0.2) is 16.3 Å². The molecule has 0 bridgehead atoms. The van der Waals surface area contributed by atoms with Crippen LogP contribution < -0.4 is 5.73 Å². The lowest BCUT2D eigenvalue weighted by atomic mass is 10.1. The van der Waals surface area contributed by atoms with Crippen LogP contribution in [0.3, 0.4) is 0 Å². The molecule has 0 radical (unpaired) electrons. The van der Waals surface area contributed by atoms with Gasteiger partial charge in [-0.1, -0.05) is 6.07 Å². The summed E-state index contributed by atoms with van der Waals surface area (Å²) < 4.78 is 16.3. The number of nitrogens with zero attached hydrogens (tertiary/aromatic N) is 2. The van der Waals surface area contributed by atoms with Gasteiger partial charge in [0, 0.05) is 11.8 Å². The Morgan fingerprint density at radius 1 is 1.44 bits per heavy atom. The second-order valence-corrected chi connectivity index (χ2v) is 4.62. The van der Waals surface area contributed by atoms with E-state index in [2.05, 4.69) is 27.7 Å². The number of benzene rings is 1. The zero-order chi connectivity index (χ0) is 11.5. The van der Waals surface area contributed by atoms with Crippen LogP contribution in [0.25, 0.3) is 5.69 Å². The van der Waals surface area contributed by atoms with E-state index < -0.39 is 0 Å². The molecule has 0 spiro atoms. The fourth-order valence-electron chi connectivity index (χ4n) is 1.59. The van der Waals surface area contributed by atoms with Crippen molar-refractivity contribution in [3.63, 3.8) is 0 Å². The summed E-state index contributed by atoms with van der Waals surface area (Å²) in [6.07, 6.45) is 4.10. The average molecular weight is 331 g/mol. The summed E-state index contributed by atoms with van der Waals surface area (Å²) in [6.45, 7) is 0.423. The second kappa shape index (κ2) is 4.92. The molecule has 2 N–H and O–H groups in total. The predicted molar refractivity (Wildman–Crippen MR) is 69.0 cm³/mol. The van der Waals surface area contributed by atoms with E-state index in [0.717, 1.165) is 9.26 Å². The van der Waals surface area contributed by atoms with Crippen LogP contribution >= 0.6 is 22.6 Å². The maximum atomic E-state index is 13.6. The molecule has 2 rings (SSSR count). The molecule has 0 amide bonds. The van der Waals surface area contributed by atoms with Crippen molar-refractivity contribution in [2.45, 2.75) is 6.42 Å². The summed E-state index contributed by atoms with van der Waals surface area (Å²) in [5.41, 5.74) is 6.86. The van der Waals surface area contributed by atoms with Crippen molar-refractivity contribution < 1.29 is 4.39 Å². The highest BCUT2D eigenvalue weighted by molar-refractivity contribution is 14.1. The molecular formula is C11H11FIN3. The number of aromatic nitrogens is 2. The third-order valence-corrected chi connectivity index (χ3v) is 2.84. The summed E-state index contributed by atoms with van der Waals surface area (Å²) in [5.74, 6) is -0.228. The lowest BCUT2D eigenvalue weighted by Gasteiger charge is -2.09. The summed E-state index contributed by atoms with van der Waals surface area (Å²) in [4.78, 5) is 0. The Hall–Kier alpha value is -0.950. The third kappa shape index (κ3) is 2.25. The van der Waals surface area contributed by atoms with Gasteiger partial charge in [0.15, 0.2) is 0 Å². The highest BCUT2D eigenvalue weighted by Gasteiger charge is 2.09. The van der Waals surface area contributed by atoms with Gasteiger partial charge in [-0.2, -0.15) is 5.10 Å². The Balaban J connectivity index is 2.51. The van der Waals surface area contributed by atoms with Crippen LogP contribution in [-0.2, 0) is 6.42 Å². The summed E-state index contributed by atoms with van der Waals surface area (Å²) >= 11 is 2.17. The van der Waals surface area contributed by atoms with Gasteiger partial charge in [-0.15, -0.1) is 0 Å². The van der Waals surface area contributed by atoms with Gasteiger partial charge in [0.25, 0.3) is 0 Å². The van der Waals surface area contributed by atoms with Crippen LogP contribution in [0.2, 0.25) is 0 Å². The summed E-state index contributed by atoms with van der Waals surface area (Å²) in [6, 6.07) is 4.97. The maximum absolute atomic E-state index is 13.6. The van der Waals surface area contributed by atoms with Crippen molar-refractivity contribution in [2.24, 2.45) is 5.73 Å². The molecule has 0 atom stereocenters. The van der Waals surface area contributed by atoms with E-state index in [-0.39, 0.29) is 5.82 Å². The summed E-state index contributed by atoms with van der Waals surface area (Å²) in [5, 5.41) is 4.17. The van der Waals surface area contributed by atoms with Gasteiger partial charge in [-0.05, 0) is 47.7 Å². The first-order valence-electron chi connectivity index (χ1n) is 4.90. The van der Waals surface area contributed by atoms with Gasteiger partial charge >= 0.3 is 0 Å². The zero-order valence-electron chi connectivity index (χ0n) is 8.53. The predicted octanol–water partition coefficient (Wildman–Crippen LogP) is 2.12. The minimum atomic E-state index is -0.228. The summed E-state index contributed by atoms with van der Waals surface area (Å²) in [7, 11) is 0. The minimum absolute atomic E-state index is 0.228. The van der Waals surface area contributed by atoms with Gasteiger partial charge in [-0.3, -0.25) is 0 Å². The van der Waals surface area contributed by atoms with Crippen molar-refractivity contribution in [1.82, 2.24) is 9.78 Å². The first-order valence-corrected chi connectivity index (χ1v) is 5.98. The minimum Gasteiger partial charge on any atom is -0.330 e. The zero-order valence-corrected chi connectivity index (χ0v) is 10.7. The molecule has 1 aromatic carbocycles. The van der Waals surface area contributed by atoms with Crippen LogP contribution in [0, 0.1) is 9.39 Å². The smallest absolute Gasteiger partial charge is 0.128 e. The van der Waals surface area contributed by atoms with Crippen LogP contribution in [0.5, 0.6) is 0 Å². The van der Waals surface area contributed by atoms with Gasteiger partial charge in [-0.25, -0.2) is 9.07 Å². The van der Waals surface area contributed by atoms with E-state index in [1.54, 1.807) is 16.9 Å². The largest absolute Gasteiger partial charge is 0.330 e. The number of halogens is 2. The second-order valence-electron chi connectivity index (χ2n) is 3.38. The quantitative estimate of drug-likeness (QED) is 0.876. The Bertz CT molecular complexity index is 496. The van der Waals surface area contributed by atoms with E-state index in [0.29, 0.717) is 18.5 Å². The number of hydrogen-bond donors (Lipinski definition) is 1. The van der Waals surface area contributed by atoms with Gasteiger partial charge in [0.05, 0.1) is 15.5 Å². The van der Waals surface area contributed by atoms with Crippen molar-refractivity contribution in [3.05, 3.63) is 45.5 Å². The molecule has 3 nitrogen and oxygen atoms in total. The monoisotopic (exact) mass is 331 g/mol. The molecule has 84 valence electrons. The van der Waals surface area contributed by atoms with Crippen LogP contribution in [0.4, 0.5) is 4.39 Å². The molecule has 0 saturated heterocycles. The normalized spacial score (nSPS) is 10.7. The molecule has 16 heavy (non-hydrogen) atoms. The van der Waals surface area contributed by atoms with Crippen molar-refractivity contribution in [1.29, 1.82) is 0 Å². The van der Waals surface area contributed by atoms with E-state index in [1.807, 2.05) is 12.3 Å². The number of nitrogens with two attached hydrogens (primary N) is 1. The van der Waals surface area contributed by atoms with Crippen molar-refractivity contribution in [2.75, 3.05) is 6.54 Å². The fourth-order valence-corrected chi connectivity index (χ4v) is 1.97. The fraction of sp³-hybridized carbons (Fsp3) is 0.182. The highest BCUT2D eigenvalue weighted by Crippen LogP contribution is 2.18. The third-order valence-electron chi connectivity index (χ3n) is 2.29. The molecule has 0 unspecified atom stereocenters. The van der Waals surface area contributed by atoms with E-state index in [1.165, 1.54) is 6.07 Å². The topological polar surface area (TPSA) is 43.8 Å². The molecule has 2 aromatic rings. The van der Waals surface area contributed by atoms with Crippen molar-refractivity contribution >= 4 is 22.6 Å². The number of rotatable bonds is 3. The Morgan fingerprint density at radius 3 is 2.88 bits per heavy atom. The van der Waals surface area contributed by atoms with E-state index in [4.69, 9.17) is 5.73 Å². The van der Waals surface area contributed by atoms with Gasteiger partial charge in [0.2, 0.25) is 0 Å². The molecule has 5 heteroatoms. The van der Waals surface area contributed by atoms with Crippen LogP contribution in [0.1, 0.15) is 5.56 Å². The number of hydrogen-bond acceptors (Lipinski definition) is 2. The maximum Gasteiger partial charge on any atom is 0.128 e. The molecular weight excluding hydrogens is 320 g/mol. The van der Waals surface area contributed by atoms with Crippen molar-refractivity contribution in [3.8, 4) is 5.69 Å². The molecule has 1 aromatic heterocycles. The van der Waals surface area contributed by atoms with Crippen LogP contribution in [0.15, 0.2) is 30.6 Å². The van der Waals surface area contributed by atoms with E-state index in [9.17, 15) is 4.39 Å². The van der Waals surface area contributed by atoms with E-state index >= 15 is 0 Å². The molecule has 1 heterocycles. The molecule has 0 fully saturated rings. The SMILES string of the molecule is NCCc1c(F)cccc1-n1cc(I)cn1. The Labute approximate surface area is 107 Å². The standard InChI is InChI=1S/C11H11FIN3/c12-10-2-1-3-11(9(10)4-5-14)16-7-8(13)6-15-16/h1-3,6-7H,4-5,14H2. The first-order chi connectivity index (χ1) is 7.72.